The van der Waals surface area contributed by atoms with Gasteiger partial charge < -0.3 is 19.9 Å². The Morgan fingerprint density at radius 2 is 1.65 bits per heavy atom. The maximum atomic E-state index is 12.9. The summed E-state index contributed by atoms with van der Waals surface area (Å²) in [6.07, 6.45) is 8.53. The first-order chi connectivity index (χ1) is 19.4. The molecule has 2 saturated heterocycles. The van der Waals surface area contributed by atoms with Gasteiger partial charge in [-0.2, -0.15) is 0 Å². The van der Waals surface area contributed by atoms with Crippen LogP contribution in [0, 0.1) is 5.92 Å². The molecular weight excluding hydrogens is 526 g/mol. The molecule has 1 aromatic carbocycles. The van der Waals surface area contributed by atoms with E-state index in [0.717, 1.165) is 81.8 Å². The number of nitrogens with zero attached hydrogens (tertiary/aromatic N) is 4. The molecular formula is C30H41N5O4S. The minimum atomic E-state index is -2.90. The lowest BCUT2D eigenvalue weighted by Crippen LogP contribution is -2.47. The molecule has 1 saturated carbocycles. The summed E-state index contributed by atoms with van der Waals surface area (Å²) in [7, 11) is -2.90. The maximum Gasteiger partial charge on any atom is 0.251 e. The van der Waals surface area contributed by atoms with Crippen LogP contribution in [-0.4, -0.2) is 94.2 Å². The van der Waals surface area contributed by atoms with Crippen molar-refractivity contribution in [1.82, 2.24) is 15.2 Å². The summed E-state index contributed by atoms with van der Waals surface area (Å²) in [6, 6.07) is 9.89. The monoisotopic (exact) mass is 567 g/mol. The number of anilines is 2. The molecule has 2 aromatic rings. The van der Waals surface area contributed by atoms with Gasteiger partial charge in [0.25, 0.3) is 5.91 Å². The summed E-state index contributed by atoms with van der Waals surface area (Å²) in [5.74, 6) is 3.11. The number of fused-ring (bicyclic) bond motifs is 1. The molecule has 1 aliphatic carbocycles. The second-order valence-corrected chi connectivity index (χ2v) is 14.0. The van der Waals surface area contributed by atoms with Crippen LogP contribution < -0.4 is 19.9 Å². The van der Waals surface area contributed by atoms with Gasteiger partial charge in [0, 0.05) is 74.7 Å². The molecule has 1 amide bonds. The van der Waals surface area contributed by atoms with Crippen molar-refractivity contribution < 1.29 is 17.9 Å². The number of pyridine rings is 1. The van der Waals surface area contributed by atoms with Crippen molar-refractivity contribution in [3.8, 4) is 5.75 Å². The zero-order chi connectivity index (χ0) is 27.5. The SMILES string of the molecule is O=C(NC1CCC(CCN2CCN(c3nccc4c3OCC4)CC2)CC1)c1ccc(N2CCS(=O)(=O)CC2)cc1. The van der Waals surface area contributed by atoms with Gasteiger partial charge in [0.05, 0.1) is 18.1 Å². The number of hydrogen-bond acceptors (Lipinski definition) is 8. The number of piperazine rings is 1. The van der Waals surface area contributed by atoms with Crippen molar-refractivity contribution in [3.05, 3.63) is 47.7 Å². The van der Waals surface area contributed by atoms with Crippen LogP contribution >= 0.6 is 0 Å². The zero-order valence-corrected chi connectivity index (χ0v) is 24.1. The summed E-state index contributed by atoms with van der Waals surface area (Å²) in [5, 5.41) is 3.25. The van der Waals surface area contributed by atoms with Gasteiger partial charge in [-0.15, -0.1) is 0 Å². The van der Waals surface area contributed by atoms with E-state index in [-0.39, 0.29) is 23.5 Å². The standard InChI is InChI=1S/C30H41N5O4S/c36-30(25-3-7-27(8-4-25)34-18-21-40(37,38)22-19-34)32-26-5-1-23(2-6-26)10-13-33-14-16-35(17-15-33)29-28-24(9-12-31-29)11-20-39-28/h3-4,7-9,12,23,26H,1-2,5-6,10-11,13-22H2,(H,32,36). The molecule has 40 heavy (non-hydrogen) atoms. The fourth-order valence-corrected chi connectivity index (χ4v) is 7.73. The van der Waals surface area contributed by atoms with E-state index in [1.54, 1.807) is 0 Å². The number of rotatable bonds is 7. The molecule has 0 spiro atoms. The van der Waals surface area contributed by atoms with Gasteiger partial charge in [0.2, 0.25) is 0 Å². The molecule has 4 aliphatic rings. The van der Waals surface area contributed by atoms with Crippen LogP contribution in [0.4, 0.5) is 11.5 Å². The van der Waals surface area contributed by atoms with Gasteiger partial charge in [-0.3, -0.25) is 9.69 Å². The molecule has 0 unspecified atom stereocenters. The number of hydrogen-bond donors (Lipinski definition) is 1. The summed E-state index contributed by atoms with van der Waals surface area (Å²) in [4.78, 5) is 24.5. The molecule has 0 bridgehead atoms. The Kier molecular flexibility index (Phi) is 8.16. The number of sulfone groups is 1. The third kappa shape index (κ3) is 6.38. The smallest absolute Gasteiger partial charge is 0.251 e. The predicted molar refractivity (Wildman–Crippen MR) is 157 cm³/mol. The minimum absolute atomic E-state index is 0.0157. The number of nitrogens with one attached hydrogen (secondary N) is 1. The lowest BCUT2D eigenvalue weighted by atomic mass is 9.84. The Morgan fingerprint density at radius 3 is 2.38 bits per heavy atom. The van der Waals surface area contributed by atoms with Crippen molar-refractivity contribution in [1.29, 1.82) is 0 Å². The average molecular weight is 568 g/mol. The lowest BCUT2D eigenvalue weighted by Gasteiger charge is -2.37. The van der Waals surface area contributed by atoms with Crippen LogP contribution in [0.15, 0.2) is 36.5 Å². The molecule has 4 heterocycles. The summed E-state index contributed by atoms with van der Waals surface area (Å²) < 4.78 is 29.2. The fourth-order valence-electron chi connectivity index (χ4n) is 6.53. The van der Waals surface area contributed by atoms with Crippen LogP contribution in [0.2, 0.25) is 0 Å². The van der Waals surface area contributed by atoms with Gasteiger partial charge >= 0.3 is 0 Å². The lowest BCUT2D eigenvalue weighted by molar-refractivity contribution is 0.0919. The molecule has 3 aliphatic heterocycles. The highest BCUT2D eigenvalue weighted by Gasteiger charge is 2.27. The predicted octanol–water partition coefficient (Wildman–Crippen LogP) is 2.75. The molecule has 216 valence electrons. The van der Waals surface area contributed by atoms with Crippen LogP contribution in [-0.2, 0) is 16.3 Å². The Bertz CT molecular complexity index is 1270. The van der Waals surface area contributed by atoms with Crippen molar-refractivity contribution in [2.75, 3.05) is 73.7 Å². The van der Waals surface area contributed by atoms with Crippen molar-refractivity contribution in [2.45, 2.75) is 44.6 Å². The fraction of sp³-hybridized carbons (Fsp3) is 0.600. The van der Waals surface area contributed by atoms with E-state index in [2.05, 4.69) is 31.1 Å². The Labute approximate surface area is 237 Å². The molecule has 1 N–H and O–H groups in total. The second-order valence-electron chi connectivity index (χ2n) is 11.7. The molecule has 1 aromatic heterocycles. The number of carbonyl (C=O) groups is 1. The highest BCUT2D eigenvalue weighted by molar-refractivity contribution is 7.91. The minimum Gasteiger partial charge on any atom is -0.489 e. The van der Waals surface area contributed by atoms with Crippen molar-refractivity contribution >= 4 is 27.2 Å². The van der Waals surface area contributed by atoms with E-state index in [9.17, 15) is 13.2 Å². The molecule has 6 rings (SSSR count). The van der Waals surface area contributed by atoms with Gasteiger partial charge in [-0.05, 0) is 74.9 Å². The second kappa shape index (κ2) is 11.9. The largest absolute Gasteiger partial charge is 0.489 e. The number of carbonyl (C=O) groups excluding carboxylic acids is 1. The quantitative estimate of drug-likeness (QED) is 0.546. The van der Waals surface area contributed by atoms with E-state index in [1.165, 1.54) is 24.8 Å². The normalized spacial score (nSPS) is 24.8. The van der Waals surface area contributed by atoms with Crippen molar-refractivity contribution in [3.63, 3.8) is 0 Å². The number of aromatic nitrogens is 1. The van der Waals surface area contributed by atoms with Gasteiger partial charge in [0.1, 0.15) is 0 Å². The Balaban J connectivity index is 0.897. The summed E-state index contributed by atoms with van der Waals surface area (Å²) in [6.45, 7) is 7.04. The summed E-state index contributed by atoms with van der Waals surface area (Å²) >= 11 is 0. The molecule has 10 heteroatoms. The maximum absolute atomic E-state index is 12.9. The van der Waals surface area contributed by atoms with E-state index in [0.29, 0.717) is 18.7 Å². The first-order valence-corrected chi connectivity index (χ1v) is 16.7. The number of ether oxygens (including phenoxy) is 1. The van der Waals surface area contributed by atoms with Crippen molar-refractivity contribution in [2.24, 2.45) is 5.92 Å². The molecule has 3 fully saturated rings. The Morgan fingerprint density at radius 1 is 0.925 bits per heavy atom. The molecule has 0 atom stereocenters. The number of amides is 1. The third-order valence-corrected chi connectivity index (χ3v) is 10.7. The van der Waals surface area contributed by atoms with Gasteiger partial charge in [-0.1, -0.05) is 0 Å². The molecule has 0 radical (unpaired) electrons. The van der Waals surface area contributed by atoms with Crippen LogP contribution in [0.25, 0.3) is 0 Å². The topological polar surface area (TPSA) is 95.1 Å². The van der Waals surface area contributed by atoms with E-state index in [1.807, 2.05) is 30.5 Å². The van der Waals surface area contributed by atoms with Gasteiger partial charge in [-0.25, -0.2) is 13.4 Å². The average Bonchev–Trinajstić information content (AvgIpc) is 3.47. The van der Waals surface area contributed by atoms with Crippen LogP contribution in [0.1, 0.15) is 48.0 Å². The highest BCUT2D eigenvalue weighted by atomic mass is 32.2. The van der Waals surface area contributed by atoms with E-state index >= 15 is 0 Å². The van der Waals surface area contributed by atoms with Gasteiger partial charge in [0.15, 0.2) is 21.4 Å². The van der Waals surface area contributed by atoms with Crippen LogP contribution in [0.5, 0.6) is 5.75 Å². The Hall–Kier alpha value is -2.85. The highest BCUT2D eigenvalue weighted by Crippen LogP contribution is 2.34. The third-order valence-electron chi connectivity index (χ3n) is 9.13. The van der Waals surface area contributed by atoms with E-state index in [4.69, 9.17) is 4.74 Å². The first kappa shape index (κ1) is 27.3. The summed E-state index contributed by atoms with van der Waals surface area (Å²) in [5.41, 5.74) is 2.92. The van der Waals surface area contributed by atoms with Crippen LogP contribution in [0.3, 0.4) is 0 Å². The molecule has 9 nitrogen and oxygen atoms in total. The first-order valence-electron chi connectivity index (χ1n) is 14.9. The van der Waals surface area contributed by atoms with E-state index < -0.39 is 9.84 Å². The number of benzene rings is 1. The zero-order valence-electron chi connectivity index (χ0n) is 23.3.